The van der Waals surface area contributed by atoms with Gasteiger partial charge in [-0.15, -0.1) is 0 Å². The van der Waals surface area contributed by atoms with Crippen LogP contribution in [0.1, 0.15) is 11.3 Å². The quantitative estimate of drug-likeness (QED) is 0.770. The fourth-order valence-electron chi connectivity index (χ4n) is 2.27. The third kappa shape index (κ3) is 3.27. The molecule has 1 aromatic heterocycles. The molecular weight excluding hydrogens is 310 g/mol. The van der Waals surface area contributed by atoms with Crippen molar-refractivity contribution in [3.05, 3.63) is 65.9 Å². The molecule has 23 heavy (non-hydrogen) atoms. The van der Waals surface area contributed by atoms with Crippen LogP contribution in [0.3, 0.4) is 0 Å². The standard InChI is InChI=1S/C17H17N3O2S/c1-12-7-9-14(10-8-12)23(21,22)20-16-6-4-3-5-15(16)17-11-13(2)18-19-17/h3-11,20H,1-2H3,(H,18,19). The van der Waals surface area contributed by atoms with Crippen molar-refractivity contribution in [1.82, 2.24) is 10.2 Å². The average Bonchev–Trinajstić information content (AvgIpc) is 2.94. The number of benzene rings is 2. The van der Waals surface area contributed by atoms with Gasteiger partial charge in [-0.25, -0.2) is 8.42 Å². The molecule has 0 aliphatic carbocycles. The number of anilines is 1. The maximum absolute atomic E-state index is 12.6. The maximum atomic E-state index is 12.6. The number of hydrogen-bond donors (Lipinski definition) is 2. The molecule has 0 unspecified atom stereocenters. The number of aromatic nitrogens is 2. The molecule has 0 atom stereocenters. The Bertz CT molecular complexity index is 928. The third-order valence-electron chi connectivity index (χ3n) is 3.48. The molecule has 0 fully saturated rings. The lowest BCUT2D eigenvalue weighted by Gasteiger charge is -2.11. The van der Waals surface area contributed by atoms with Crippen molar-refractivity contribution in [1.29, 1.82) is 0 Å². The van der Waals surface area contributed by atoms with Crippen molar-refractivity contribution in [2.45, 2.75) is 18.7 Å². The van der Waals surface area contributed by atoms with Crippen molar-refractivity contribution in [3.8, 4) is 11.3 Å². The van der Waals surface area contributed by atoms with Gasteiger partial charge in [0.25, 0.3) is 10.0 Å². The fourth-order valence-corrected chi connectivity index (χ4v) is 3.35. The predicted octanol–water partition coefficient (Wildman–Crippen LogP) is 3.49. The Balaban J connectivity index is 1.98. The van der Waals surface area contributed by atoms with Crippen LogP contribution in [0.5, 0.6) is 0 Å². The van der Waals surface area contributed by atoms with Crippen molar-refractivity contribution in [2.24, 2.45) is 0 Å². The Morgan fingerprint density at radius 3 is 2.35 bits per heavy atom. The molecule has 0 amide bonds. The van der Waals surface area contributed by atoms with Gasteiger partial charge in [0.1, 0.15) is 0 Å². The van der Waals surface area contributed by atoms with E-state index in [2.05, 4.69) is 14.9 Å². The Morgan fingerprint density at radius 2 is 1.70 bits per heavy atom. The lowest BCUT2D eigenvalue weighted by molar-refractivity contribution is 0.601. The summed E-state index contributed by atoms with van der Waals surface area (Å²) in [6.45, 7) is 3.81. The summed E-state index contributed by atoms with van der Waals surface area (Å²) in [5.74, 6) is 0. The molecule has 3 rings (SSSR count). The van der Waals surface area contributed by atoms with Crippen LogP contribution in [0.15, 0.2) is 59.5 Å². The summed E-state index contributed by atoms with van der Waals surface area (Å²) < 4.78 is 27.8. The minimum absolute atomic E-state index is 0.233. The zero-order chi connectivity index (χ0) is 16.4. The Kier molecular flexibility index (Phi) is 3.92. The summed E-state index contributed by atoms with van der Waals surface area (Å²) in [4.78, 5) is 0.233. The van der Waals surface area contributed by atoms with Gasteiger partial charge in [0, 0.05) is 11.3 Å². The number of rotatable bonds is 4. The summed E-state index contributed by atoms with van der Waals surface area (Å²) in [6, 6.07) is 15.8. The third-order valence-corrected chi connectivity index (χ3v) is 4.87. The van der Waals surface area contributed by atoms with E-state index < -0.39 is 10.0 Å². The van der Waals surface area contributed by atoms with Crippen LogP contribution in [-0.4, -0.2) is 18.6 Å². The molecule has 0 radical (unpaired) electrons. The van der Waals surface area contributed by atoms with E-state index in [9.17, 15) is 8.42 Å². The number of nitrogens with zero attached hydrogens (tertiary/aromatic N) is 1. The van der Waals surface area contributed by atoms with Crippen LogP contribution in [0.4, 0.5) is 5.69 Å². The molecule has 0 spiro atoms. The van der Waals surface area contributed by atoms with Crippen LogP contribution < -0.4 is 4.72 Å². The van der Waals surface area contributed by atoms with E-state index in [1.807, 2.05) is 32.0 Å². The first-order valence-corrected chi connectivity index (χ1v) is 8.65. The highest BCUT2D eigenvalue weighted by Gasteiger charge is 2.17. The zero-order valence-corrected chi connectivity index (χ0v) is 13.7. The van der Waals surface area contributed by atoms with E-state index in [1.54, 1.807) is 36.4 Å². The molecule has 6 heteroatoms. The number of sulfonamides is 1. The van der Waals surface area contributed by atoms with E-state index in [0.717, 1.165) is 16.8 Å². The molecule has 0 bridgehead atoms. The highest BCUT2D eigenvalue weighted by atomic mass is 32.2. The van der Waals surface area contributed by atoms with Gasteiger partial charge in [-0.1, -0.05) is 35.9 Å². The number of para-hydroxylation sites is 1. The lowest BCUT2D eigenvalue weighted by atomic mass is 10.1. The van der Waals surface area contributed by atoms with E-state index in [4.69, 9.17) is 0 Å². The van der Waals surface area contributed by atoms with Gasteiger partial charge >= 0.3 is 0 Å². The topological polar surface area (TPSA) is 74.8 Å². The Morgan fingerprint density at radius 1 is 1.00 bits per heavy atom. The monoisotopic (exact) mass is 327 g/mol. The number of aromatic amines is 1. The second-order valence-electron chi connectivity index (χ2n) is 5.40. The second-order valence-corrected chi connectivity index (χ2v) is 7.08. The van der Waals surface area contributed by atoms with Gasteiger partial charge in [0.05, 0.1) is 16.3 Å². The van der Waals surface area contributed by atoms with Crippen molar-refractivity contribution < 1.29 is 8.42 Å². The first kappa shape index (κ1) is 15.3. The minimum Gasteiger partial charge on any atom is -0.282 e. The van der Waals surface area contributed by atoms with Gasteiger partial charge in [0.2, 0.25) is 0 Å². The molecular formula is C17H17N3O2S. The Hall–Kier alpha value is -2.60. The molecule has 0 aliphatic rings. The molecule has 0 saturated heterocycles. The summed E-state index contributed by atoms with van der Waals surface area (Å²) in [7, 11) is -3.64. The largest absolute Gasteiger partial charge is 0.282 e. The van der Waals surface area contributed by atoms with Gasteiger partial charge in [-0.2, -0.15) is 5.10 Å². The first-order chi connectivity index (χ1) is 11.0. The highest BCUT2D eigenvalue weighted by Crippen LogP contribution is 2.28. The number of H-pyrrole nitrogens is 1. The molecule has 0 saturated carbocycles. The van der Waals surface area contributed by atoms with Crippen LogP contribution >= 0.6 is 0 Å². The van der Waals surface area contributed by atoms with Gasteiger partial charge in [-0.3, -0.25) is 9.82 Å². The number of nitrogens with one attached hydrogen (secondary N) is 2. The molecule has 2 aromatic carbocycles. The van der Waals surface area contributed by atoms with Crippen molar-refractivity contribution in [2.75, 3.05) is 4.72 Å². The van der Waals surface area contributed by atoms with Crippen LogP contribution in [0.2, 0.25) is 0 Å². The molecule has 118 valence electrons. The second kappa shape index (κ2) is 5.89. The van der Waals surface area contributed by atoms with E-state index in [-0.39, 0.29) is 4.90 Å². The first-order valence-electron chi connectivity index (χ1n) is 7.16. The van der Waals surface area contributed by atoms with Crippen molar-refractivity contribution >= 4 is 15.7 Å². The Labute approximate surface area is 135 Å². The lowest BCUT2D eigenvalue weighted by Crippen LogP contribution is -2.13. The SMILES string of the molecule is Cc1ccc(S(=O)(=O)Nc2ccccc2-c2cc(C)[nH]n2)cc1. The highest BCUT2D eigenvalue weighted by molar-refractivity contribution is 7.92. The predicted molar refractivity (Wildman–Crippen MR) is 90.7 cm³/mol. The molecule has 0 aliphatic heterocycles. The van der Waals surface area contributed by atoms with Gasteiger partial charge < -0.3 is 0 Å². The van der Waals surface area contributed by atoms with Crippen LogP contribution in [-0.2, 0) is 10.0 Å². The zero-order valence-electron chi connectivity index (χ0n) is 12.9. The van der Waals surface area contributed by atoms with Crippen LogP contribution in [0, 0.1) is 13.8 Å². The van der Waals surface area contributed by atoms with E-state index in [1.165, 1.54) is 0 Å². The normalized spacial score (nSPS) is 11.4. The molecule has 3 aromatic rings. The molecule has 1 heterocycles. The molecule has 2 N–H and O–H groups in total. The summed E-state index contributed by atoms with van der Waals surface area (Å²) in [6.07, 6.45) is 0. The van der Waals surface area contributed by atoms with Gasteiger partial charge in [0.15, 0.2) is 0 Å². The van der Waals surface area contributed by atoms with E-state index in [0.29, 0.717) is 11.4 Å². The molecule has 5 nitrogen and oxygen atoms in total. The maximum Gasteiger partial charge on any atom is 0.261 e. The summed E-state index contributed by atoms with van der Waals surface area (Å²) in [5, 5.41) is 7.07. The fraction of sp³-hybridized carbons (Fsp3) is 0.118. The van der Waals surface area contributed by atoms with Crippen LogP contribution in [0.25, 0.3) is 11.3 Å². The van der Waals surface area contributed by atoms with E-state index >= 15 is 0 Å². The summed E-state index contributed by atoms with van der Waals surface area (Å²) in [5.41, 5.74) is 3.85. The number of hydrogen-bond acceptors (Lipinski definition) is 3. The average molecular weight is 327 g/mol. The van der Waals surface area contributed by atoms with Gasteiger partial charge in [-0.05, 0) is 38.1 Å². The number of aryl methyl sites for hydroxylation is 2. The summed E-state index contributed by atoms with van der Waals surface area (Å²) >= 11 is 0. The minimum atomic E-state index is -3.64. The van der Waals surface area contributed by atoms with Crippen molar-refractivity contribution in [3.63, 3.8) is 0 Å². The smallest absolute Gasteiger partial charge is 0.261 e.